The lowest BCUT2D eigenvalue weighted by Crippen LogP contribution is -2.27. The molecule has 19 heavy (non-hydrogen) atoms. The van der Waals surface area contributed by atoms with Crippen molar-refractivity contribution in [2.24, 2.45) is 5.10 Å². The third-order valence-corrected chi connectivity index (χ3v) is 3.31. The molecule has 0 aliphatic heterocycles. The van der Waals surface area contributed by atoms with Gasteiger partial charge in [0.1, 0.15) is 6.04 Å². The number of hydrazone groups is 1. The number of hydrogen-bond acceptors (Lipinski definition) is 4. The number of nitrogens with zero attached hydrogens (tertiary/aromatic N) is 3. The van der Waals surface area contributed by atoms with E-state index in [0.717, 1.165) is 11.3 Å². The van der Waals surface area contributed by atoms with E-state index in [4.69, 9.17) is 11.6 Å². The van der Waals surface area contributed by atoms with Gasteiger partial charge in [-0.25, -0.2) is 5.43 Å². The lowest BCUT2D eigenvalue weighted by Gasteiger charge is -2.09. The molecule has 0 saturated heterocycles. The van der Waals surface area contributed by atoms with Crippen LogP contribution in [0, 0.1) is 5.13 Å². The monoisotopic (exact) mass is 300 g/mol. The number of nitrogens with one attached hydrogen (secondary N) is 1. The minimum absolute atomic E-state index is 0.299. The molecule has 2 aromatic rings. The average molecular weight is 301 g/mol. The summed E-state index contributed by atoms with van der Waals surface area (Å²) in [6, 6.07) is 2.37. The van der Waals surface area contributed by atoms with E-state index in [0.29, 0.717) is 9.90 Å². The number of aromatic nitrogens is 2. The number of carbonyl (C=O) groups is 1. The highest BCUT2D eigenvalue weighted by Crippen LogP contribution is 2.12. The number of thiophene rings is 1. The lowest BCUT2D eigenvalue weighted by atomic mass is 10.3. The van der Waals surface area contributed by atoms with Crippen molar-refractivity contribution in [3.63, 3.8) is 0 Å². The Bertz CT molecular complexity index is 609. The average Bonchev–Trinajstić information content (AvgIpc) is 2.97. The van der Waals surface area contributed by atoms with Crippen LogP contribution < -0.4 is 5.43 Å². The van der Waals surface area contributed by atoms with E-state index in [1.807, 2.05) is 0 Å². The summed E-state index contributed by atoms with van der Waals surface area (Å²) in [6.45, 7) is 1.67. The third-order valence-electron chi connectivity index (χ3n) is 2.31. The molecule has 1 N–H and O–H groups in total. The number of amides is 1. The molecule has 0 unspecified atom stereocenters. The van der Waals surface area contributed by atoms with Gasteiger partial charge in [0.2, 0.25) is 0 Å². The van der Waals surface area contributed by atoms with Crippen LogP contribution in [-0.2, 0) is 4.79 Å². The molecule has 0 saturated carbocycles. The maximum atomic E-state index is 12.7. The first kappa shape index (κ1) is 13.7. The Hall–Kier alpha value is -1.73. The summed E-state index contributed by atoms with van der Waals surface area (Å²) in [6.07, 6.45) is 4.38. The molecule has 0 aliphatic rings. The van der Waals surface area contributed by atoms with Crippen LogP contribution in [0.3, 0.4) is 0 Å². The molecular weight excluding hydrogens is 291 g/mol. The van der Waals surface area contributed by atoms with Gasteiger partial charge < -0.3 is 0 Å². The first-order valence-corrected chi connectivity index (χ1v) is 6.53. The smallest absolute Gasteiger partial charge is 0.264 e. The number of rotatable bonds is 4. The van der Waals surface area contributed by atoms with Crippen LogP contribution in [0.1, 0.15) is 17.8 Å². The summed E-state index contributed by atoms with van der Waals surface area (Å²) in [5, 5.41) is 7.84. The molecule has 0 radical (unpaired) electrons. The number of halogens is 2. The molecule has 2 aromatic heterocycles. The molecule has 0 aromatic carbocycles. The van der Waals surface area contributed by atoms with Crippen molar-refractivity contribution in [1.82, 2.24) is 15.2 Å². The van der Waals surface area contributed by atoms with Crippen LogP contribution in [0.4, 0.5) is 4.39 Å². The second-order valence-electron chi connectivity index (χ2n) is 3.69. The van der Waals surface area contributed by atoms with Crippen LogP contribution in [0.25, 0.3) is 0 Å². The van der Waals surface area contributed by atoms with Gasteiger partial charge in [0, 0.05) is 6.20 Å². The Morgan fingerprint density at radius 3 is 3.05 bits per heavy atom. The van der Waals surface area contributed by atoms with Gasteiger partial charge in [0.05, 0.1) is 22.3 Å². The SMILES string of the molecule is C[C@@H](C(=O)N/N=C\c1ccc(F)s1)n1cc(Cl)cn1. The van der Waals surface area contributed by atoms with Crippen LogP contribution in [0.5, 0.6) is 0 Å². The molecule has 2 heterocycles. The maximum absolute atomic E-state index is 12.7. The quantitative estimate of drug-likeness (QED) is 0.696. The summed E-state index contributed by atoms with van der Waals surface area (Å²) in [5.41, 5.74) is 2.36. The van der Waals surface area contributed by atoms with E-state index in [1.165, 1.54) is 23.2 Å². The molecule has 5 nitrogen and oxygen atoms in total. The highest BCUT2D eigenvalue weighted by molar-refractivity contribution is 7.12. The Morgan fingerprint density at radius 1 is 1.68 bits per heavy atom. The van der Waals surface area contributed by atoms with E-state index in [-0.39, 0.29) is 11.0 Å². The van der Waals surface area contributed by atoms with Crippen molar-refractivity contribution in [3.8, 4) is 0 Å². The molecule has 8 heteroatoms. The van der Waals surface area contributed by atoms with Crippen molar-refractivity contribution < 1.29 is 9.18 Å². The summed E-state index contributed by atoms with van der Waals surface area (Å²) in [4.78, 5) is 12.4. The fourth-order valence-electron chi connectivity index (χ4n) is 1.30. The summed E-state index contributed by atoms with van der Waals surface area (Å²) >= 11 is 6.66. The Kier molecular flexibility index (Phi) is 4.28. The zero-order valence-corrected chi connectivity index (χ0v) is 11.5. The Morgan fingerprint density at radius 2 is 2.47 bits per heavy atom. The second kappa shape index (κ2) is 5.94. The predicted octanol–water partition coefficient (Wildman–Crippen LogP) is 2.45. The van der Waals surface area contributed by atoms with Gasteiger partial charge in [-0.3, -0.25) is 9.48 Å². The van der Waals surface area contributed by atoms with Crippen LogP contribution in [-0.4, -0.2) is 21.9 Å². The summed E-state index contributed by atoms with van der Waals surface area (Å²) < 4.78 is 14.1. The van der Waals surface area contributed by atoms with Crippen molar-refractivity contribution in [1.29, 1.82) is 0 Å². The normalized spacial score (nSPS) is 12.8. The van der Waals surface area contributed by atoms with Crippen molar-refractivity contribution in [3.05, 3.63) is 39.6 Å². The molecule has 0 bridgehead atoms. The minimum atomic E-state index is -0.537. The maximum Gasteiger partial charge on any atom is 0.264 e. The molecular formula is C11H10ClFN4OS. The predicted molar refractivity (Wildman–Crippen MR) is 72.0 cm³/mol. The zero-order chi connectivity index (χ0) is 13.8. The van der Waals surface area contributed by atoms with Gasteiger partial charge >= 0.3 is 0 Å². The zero-order valence-electron chi connectivity index (χ0n) is 9.88. The molecule has 1 amide bonds. The first-order valence-electron chi connectivity index (χ1n) is 5.34. The van der Waals surface area contributed by atoms with E-state index in [9.17, 15) is 9.18 Å². The van der Waals surface area contributed by atoms with E-state index in [1.54, 1.807) is 19.2 Å². The fraction of sp³-hybridized carbons (Fsp3) is 0.182. The highest BCUT2D eigenvalue weighted by atomic mass is 35.5. The standard InChI is InChI=1S/C11H10ClFN4OS/c1-7(17-6-8(12)4-15-17)11(18)16-14-5-9-2-3-10(13)19-9/h2-7H,1H3,(H,16,18)/b14-5-/t7-/m0/s1. The summed E-state index contributed by atoms with van der Waals surface area (Å²) in [7, 11) is 0. The van der Waals surface area contributed by atoms with Gasteiger partial charge in [-0.1, -0.05) is 11.6 Å². The van der Waals surface area contributed by atoms with E-state index < -0.39 is 6.04 Å². The topological polar surface area (TPSA) is 59.3 Å². The van der Waals surface area contributed by atoms with Crippen LogP contribution >= 0.6 is 22.9 Å². The Labute approximate surface area is 117 Å². The summed E-state index contributed by atoms with van der Waals surface area (Å²) in [5.74, 6) is -0.340. The fourth-order valence-corrected chi connectivity index (χ4v) is 2.04. The molecule has 100 valence electrons. The van der Waals surface area contributed by atoms with Crippen molar-refractivity contribution in [2.75, 3.05) is 0 Å². The number of carbonyl (C=O) groups excluding carboxylic acids is 1. The largest absolute Gasteiger partial charge is 0.271 e. The van der Waals surface area contributed by atoms with E-state index >= 15 is 0 Å². The van der Waals surface area contributed by atoms with Gasteiger partial charge in [-0.15, -0.1) is 11.3 Å². The lowest BCUT2D eigenvalue weighted by molar-refractivity contribution is -0.124. The van der Waals surface area contributed by atoms with Crippen molar-refractivity contribution >= 4 is 35.1 Å². The molecule has 2 rings (SSSR count). The van der Waals surface area contributed by atoms with Gasteiger partial charge in [0.15, 0.2) is 5.13 Å². The Balaban J connectivity index is 1.92. The number of hydrogen-bond donors (Lipinski definition) is 1. The van der Waals surface area contributed by atoms with Gasteiger partial charge in [-0.05, 0) is 19.1 Å². The van der Waals surface area contributed by atoms with Gasteiger partial charge in [0.25, 0.3) is 5.91 Å². The first-order chi connectivity index (χ1) is 9.06. The second-order valence-corrected chi connectivity index (χ2v) is 5.19. The van der Waals surface area contributed by atoms with Crippen molar-refractivity contribution in [2.45, 2.75) is 13.0 Å². The van der Waals surface area contributed by atoms with Crippen LogP contribution in [0.15, 0.2) is 29.6 Å². The molecule has 1 atom stereocenters. The van der Waals surface area contributed by atoms with E-state index in [2.05, 4.69) is 15.6 Å². The minimum Gasteiger partial charge on any atom is -0.271 e. The highest BCUT2D eigenvalue weighted by Gasteiger charge is 2.14. The third kappa shape index (κ3) is 3.62. The molecule has 0 spiro atoms. The molecule has 0 aliphatic carbocycles. The van der Waals surface area contributed by atoms with Crippen LogP contribution in [0.2, 0.25) is 5.02 Å². The molecule has 0 fully saturated rings. The van der Waals surface area contributed by atoms with Gasteiger partial charge in [-0.2, -0.15) is 14.6 Å².